The topological polar surface area (TPSA) is 281 Å². The summed E-state index contributed by atoms with van der Waals surface area (Å²) in [5.74, 6) is 5.37. The van der Waals surface area contributed by atoms with Gasteiger partial charge in [-0.15, -0.1) is 11.8 Å². The number of hydrogen-bond acceptors (Lipinski definition) is 14. The van der Waals surface area contributed by atoms with E-state index in [2.05, 4.69) is 37.8 Å². The van der Waals surface area contributed by atoms with Gasteiger partial charge in [0.05, 0.1) is 46.1 Å². The molecule has 5 amide bonds. The quantitative estimate of drug-likeness (QED) is 0.0218. The Kier molecular flexibility index (Phi) is 20.9. The molecule has 0 saturated heterocycles. The number of amides is 5. The van der Waals surface area contributed by atoms with E-state index in [1.807, 2.05) is 4.72 Å². The summed E-state index contributed by atoms with van der Waals surface area (Å²) in [5.41, 5.74) is 5.10. The highest BCUT2D eigenvalue weighted by Gasteiger charge is 2.49. The minimum absolute atomic E-state index is 0.0115. The molecule has 0 aromatic rings. The van der Waals surface area contributed by atoms with Crippen molar-refractivity contribution < 1.29 is 60.9 Å². The normalized spacial score (nSPS) is 17.5. The van der Waals surface area contributed by atoms with Crippen molar-refractivity contribution in [2.24, 2.45) is 23.5 Å². The Bertz CT molecular complexity index is 1300. The smallest absolute Gasteiger partial charge is 0.421 e. The van der Waals surface area contributed by atoms with Crippen molar-refractivity contribution in [3.8, 4) is 11.8 Å². The van der Waals surface area contributed by atoms with Crippen LogP contribution in [0.25, 0.3) is 0 Å². The van der Waals surface area contributed by atoms with Crippen molar-refractivity contribution in [2.45, 2.75) is 38.5 Å². The van der Waals surface area contributed by atoms with Crippen LogP contribution >= 0.6 is 0 Å². The van der Waals surface area contributed by atoms with Gasteiger partial charge in [0.1, 0.15) is 13.2 Å². The summed E-state index contributed by atoms with van der Waals surface area (Å²) in [6.07, 6.45) is 2.24. The molecule has 21 heteroatoms. The Morgan fingerprint density at radius 2 is 1.27 bits per heavy atom. The Balaban J connectivity index is 1.34. The average Bonchev–Trinajstić information content (AvgIpc) is 3.74. The third kappa shape index (κ3) is 20.9. The molecule has 0 aliphatic heterocycles. The van der Waals surface area contributed by atoms with E-state index in [4.69, 9.17) is 29.4 Å². The van der Waals surface area contributed by atoms with Gasteiger partial charge in [-0.25, -0.2) is 14.3 Å². The summed E-state index contributed by atoms with van der Waals surface area (Å²) in [6, 6.07) is 0. The van der Waals surface area contributed by atoms with Crippen LogP contribution in [0.1, 0.15) is 38.5 Å². The summed E-state index contributed by atoms with van der Waals surface area (Å²) < 4.78 is 53.7. The second kappa shape index (κ2) is 24.8. The molecule has 288 valence electrons. The molecule has 2 rings (SSSR count). The van der Waals surface area contributed by atoms with E-state index < -0.39 is 46.1 Å². The standard InChI is InChI=1S/C30H49N7O13S/c31-18-25(38)34-20-27(40)35-19-26(39)32-9-10-33-29(42)49-17-15-47-14-16-48-28(41)8-5-12-46-13-11-36-51(44,45)37-30(43)50-21-24-22-6-3-1-2-4-7-23(22)24/h22-24,36H,3-21,31H2,(H,32,39)(H,33,42)(H,34,38)(H,35,40)(H,37,43)/t22-,23+,24-. The molecule has 1 saturated carbocycles. The predicted molar refractivity (Wildman–Crippen MR) is 177 cm³/mol. The summed E-state index contributed by atoms with van der Waals surface area (Å²) in [4.78, 5) is 69.6. The SMILES string of the molecule is NCC(=O)NCC(=O)NCC(=O)NCCNC(=O)OCCOCCOC(=O)CCCOCCNS(=O)(=O)NC(=O)OC[C@@H]1[C@@H]2CCC#CCC[C@@H]21. The fraction of sp³-hybridized carbons (Fsp3) is 0.733. The number of hydrogen-bond donors (Lipinski definition) is 7. The van der Waals surface area contributed by atoms with Crippen LogP contribution in [0.2, 0.25) is 0 Å². The first-order valence-corrected chi connectivity index (χ1v) is 18.1. The fourth-order valence-corrected chi connectivity index (χ4v) is 5.56. The number of rotatable bonds is 25. The van der Waals surface area contributed by atoms with Crippen molar-refractivity contribution in [1.29, 1.82) is 0 Å². The van der Waals surface area contributed by atoms with E-state index >= 15 is 0 Å². The Morgan fingerprint density at radius 1 is 0.667 bits per heavy atom. The highest BCUT2D eigenvalue weighted by Crippen LogP contribution is 2.52. The zero-order valence-electron chi connectivity index (χ0n) is 28.5. The summed E-state index contributed by atoms with van der Waals surface area (Å²) in [5, 5.41) is 9.45. The second-order valence-electron chi connectivity index (χ2n) is 11.2. The van der Waals surface area contributed by atoms with Crippen LogP contribution in [0.15, 0.2) is 0 Å². The lowest BCUT2D eigenvalue weighted by molar-refractivity contribution is -0.145. The van der Waals surface area contributed by atoms with Gasteiger partial charge < -0.3 is 50.7 Å². The van der Waals surface area contributed by atoms with Gasteiger partial charge in [0.25, 0.3) is 0 Å². The van der Waals surface area contributed by atoms with Crippen molar-refractivity contribution in [2.75, 3.05) is 85.5 Å². The summed E-state index contributed by atoms with van der Waals surface area (Å²) >= 11 is 0. The third-order valence-electron chi connectivity index (χ3n) is 7.42. The van der Waals surface area contributed by atoms with Crippen LogP contribution in [0.3, 0.4) is 0 Å². The van der Waals surface area contributed by atoms with Gasteiger partial charge in [-0.05, 0) is 37.0 Å². The van der Waals surface area contributed by atoms with E-state index in [9.17, 15) is 37.2 Å². The number of nitrogens with one attached hydrogen (secondary N) is 6. The molecule has 0 bridgehead atoms. The largest absolute Gasteiger partial charge is 0.463 e. The number of carbonyl (C=O) groups is 6. The lowest BCUT2D eigenvalue weighted by Gasteiger charge is -2.10. The zero-order chi connectivity index (χ0) is 37.3. The number of fused-ring (bicyclic) bond motifs is 1. The first kappa shape index (κ1) is 42.9. The number of alkyl carbamates (subject to hydrolysis) is 1. The third-order valence-corrected chi connectivity index (χ3v) is 8.44. The lowest BCUT2D eigenvalue weighted by Crippen LogP contribution is -2.44. The Hall–Kier alpha value is -4.23. The Morgan fingerprint density at radius 3 is 1.96 bits per heavy atom. The van der Waals surface area contributed by atoms with E-state index in [-0.39, 0.29) is 97.9 Å². The van der Waals surface area contributed by atoms with Gasteiger partial charge in [0.2, 0.25) is 17.7 Å². The van der Waals surface area contributed by atoms with Crippen LogP contribution in [0.4, 0.5) is 9.59 Å². The molecule has 20 nitrogen and oxygen atoms in total. The maximum atomic E-state index is 12.0. The van der Waals surface area contributed by atoms with Crippen molar-refractivity contribution >= 4 is 46.1 Å². The van der Waals surface area contributed by atoms with Gasteiger partial charge in [-0.1, -0.05) is 0 Å². The van der Waals surface area contributed by atoms with Crippen molar-refractivity contribution in [1.82, 2.24) is 30.7 Å². The maximum Gasteiger partial charge on any atom is 0.421 e. The molecule has 0 aromatic heterocycles. The molecule has 0 aromatic carbocycles. The molecular formula is C30H49N7O13S. The average molecular weight is 748 g/mol. The van der Waals surface area contributed by atoms with Crippen LogP contribution < -0.4 is 36.4 Å². The molecule has 0 heterocycles. The fourth-order valence-electron chi connectivity index (χ4n) is 4.85. The van der Waals surface area contributed by atoms with Gasteiger partial charge in [-0.3, -0.25) is 19.2 Å². The Labute approximate surface area is 296 Å². The van der Waals surface area contributed by atoms with E-state index in [1.165, 1.54) is 0 Å². The highest BCUT2D eigenvalue weighted by molar-refractivity contribution is 7.88. The van der Waals surface area contributed by atoms with E-state index in [0.717, 1.165) is 25.7 Å². The first-order chi connectivity index (χ1) is 24.5. The molecule has 3 atom stereocenters. The van der Waals surface area contributed by atoms with E-state index in [0.29, 0.717) is 18.3 Å². The van der Waals surface area contributed by atoms with Crippen LogP contribution in [0.5, 0.6) is 0 Å². The second-order valence-corrected chi connectivity index (χ2v) is 12.7. The van der Waals surface area contributed by atoms with Crippen molar-refractivity contribution in [3.05, 3.63) is 0 Å². The van der Waals surface area contributed by atoms with Gasteiger partial charge in [0.15, 0.2) is 0 Å². The molecule has 51 heavy (non-hydrogen) atoms. The van der Waals surface area contributed by atoms with Crippen molar-refractivity contribution in [3.63, 3.8) is 0 Å². The monoisotopic (exact) mass is 747 g/mol. The summed E-state index contributed by atoms with van der Waals surface area (Å²) in [6.45, 7) is -0.384. The molecular weight excluding hydrogens is 698 g/mol. The van der Waals surface area contributed by atoms with Gasteiger partial charge >= 0.3 is 28.4 Å². The van der Waals surface area contributed by atoms with Crippen LogP contribution in [-0.4, -0.2) is 130 Å². The summed E-state index contributed by atoms with van der Waals surface area (Å²) in [7, 11) is -4.11. The maximum absolute atomic E-state index is 12.0. The van der Waals surface area contributed by atoms with Crippen LogP contribution in [0, 0.1) is 29.6 Å². The van der Waals surface area contributed by atoms with Gasteiger partial charge in [0, 0.05) is 45.5 Å². The number of esters is 1. The van der Waals surface area contributed by atoms with Crippen LogP contribution in [-0.2, 0) is 53.1 Å². The van der Waals surface area contributed by atoms with Gasteiger partial charge in [-0.2, -0.15) is 13.1 Å². The highest BCUT2D eigenvalue weighted by atomic mass is 32.2. The lowest BCUT2D eigenvalue weighted by atomic mass is 10.1. The molecule has 0 unspecified atom stereocenters. The number of carbonyl (C=O) groups excluding carboxylic acids is 6. The zero-order valence-corrected chi connectivity index (χ0v) is 29.3. The molecule has 0 radical (unpaired) electrons. The number of ether oxygens (including phenoxy) is 5. The molecule has 1 fully saturated rings. The minimum atomic E-state index is -4.11. The molecule has 0 spiro atoms. The molecule has 8 N–H and O–H groups in total. The molecule has 2 aliphatic carbocycles. The first-order valence-electron chi connectivity index (χ1n) is 16.6. The number of nitrogens with two attached hydrogens (primary N) is 1. The van der Waals surface area contributed by atoms with E-state index in [1.54, 1.807) is 0 Å². The molecule has 2 aliphatic rings. The minimum Gasteiger partial charge on any atom is -0.463 e. The predicted octanol–water partition coefficient (Wildman–Crippen LogP) is -2.62.